The van der Waals surface area contributed by atoms with Gasteiger partial charge in [-0.25, -0.2) is 4.98 Å². The summed E-state index contributed by atoms with van der Waals surface area (Å²) in [5, 5.41) is 10.9. The third-order valence-corrected chi connectivity index (χ3v) is 4.84. The minimum Gasteiger partial charge on any atom is -0.486 e. The highest BCUT2D eigenvalue weighted by molar-refractivity contribution is 14.1. The average Bonchev–Trinajstić information content (AvgIpc) is 2.64. The highest BCUT2D eigenvalue weighted by Crippen LogP contribution is 2.39. The van der Waals surface area contributed by atoms with Crippen LogP contribution in [0.25, 0.3) is 0 Å². The zero-order valence-electron chi connectivity index (χ0n) is 13.6. The molecule has 0 radical (unpaired) electrons. The first-order valence-electron chi connectivity index (χ1n) is 7.57. The Hall–Kier alpha value is -2.10. The van der Waals surface area contributed by atoms with Gasteiger partial charge >= 0.3 is 0 Å². The van der Waals surface area contributed by atoms with Gasteiger partial charge in [-0.2, -0.15) is 0 Å². The number of non-ortho nitro benzene ring substituents is 1. The van der Waals surface area contributed by atoms with Crippen LogP contribution in [0.5, 0.6) is 17.4 Å². The number of aromatic nitrogens is 1. The van der Waals surface area contributed by atoms with Crippen LogP contribution in [0.1, 0.15) is 5.56 Å². The summed E-state index contributed by atoms with van der Waals surface area (Å²) in [6.45, 7) is 0.415. The zero-order valence-corrected chi connectivity index (χ0v) is 17.2. The van der Waals surface area contributed by atoms with Gasteiger partial charge in [-0.1, -0.05) is 53.5 Å². The number of benzene rings is 2. The van der Waals surface area contributed by atoms with Gasteiger partial charge in [-0.15, -0.1) is 0 Å². The lowest BCUT2D eigenvalue weighted by atomic mass is 10.2. The fraction of sp³-hybridized carbons (Fsp3) is 0.0556. The zero-order chi connectivity index (χ0) is 19.4. The lowest BCUT2D eigenvalue weighted by Crippen LogP contribution is -1.99. The Morgan fingerprint density at radius 2 is 1.78 bits per heavy atom. The maximum atomic E-state index is 10.8. The fourth-order valence-electron chi connectivity index (χ4n) is 2.15. The van der Waals surface area contributed by atoms with E-state index in [1.165, 1.54) is 18.3 Å². The van der Waals surface area contributed by atoms with Crippen molar-refractivity contribution in [2.75, 3.05) is 0 Å². The second-order valence-electron chi connectivity index (χ2n) is 5.32. The number of ether oxygens (including phenoxy) is 2. The molecule has 0 aliphatic rings. The van der Waals surface area contributed by atoms with Gasteiger partial charge in [0.2, 0.25) is 5.88 Å². The van der Waals surface area contributed by atoms with Gasteiger partial charge in [0.15, 0.2) is 11.5 Å². The minimum atomic E-state index is -0.582. The number of halogens is 3. The van der Waals surface area contributed by atoms with Gasteiger partial charge in [0.25, 0.3) is 5.69 Å². The maximum absolute atomic E-state index is 10.8. The Bertz CT molecular complexity index is 963. The molecule has 138 valence electrons. The van der Waals surface area contributed by atoms with Crippen molar-refractivity contribution in [1.29, 1.82) is 0 Å². The molecule has 0 aliphatic carbocycles. The van der Waals surface area contributed by atoms with Crippen LogP contribution in [-0.4, -0.2) is 9.91 Å². The summed E-state index contributed by atoms with van der Waals surface area (Å²) < 4.78 is 12.2. The monoisotopic (exact) mass is 516 g/mol. The molecule has 3 aromatic rings. The molecule has 0 fully saturated rings. The highest BCUT2D eigenvalue weighted by atomic mass is 127. The van der Waals surface area contributed by atoms with Crippen LogP contribution < -0.4 is 9.47 Å². The molecule has 0 amide bonds. The normalized spacial score (nSPS) is 10.5. The Balaban J connectivity index is 1.75. The molecular weight excluding hydrogens is 506 g/mol. The van der Waals surface area contributed by atoms with Crippen molar-refractivity contribution in [1.82, 2.24) is 4.98 Å². The summed E-state index contributed by atoms with van der Waals surface area (Å²) in [5.74, 6) is 0.946. The van der Waals surface area contributed by atoms with Crippen molar-refractivity contribution in [3.8, 4) is 17.4 Å². The van der Waals surface area contributed by atoms with E-state index >= 15 is 0 Å². The molecule has 0 atom stereocenters. The van der Waals surface area contributed by atoms with E-state index in [1.54, 1.807) is 6.07 Å². The van der Waals surface area contributed by atoms with Crippen molar-refractivity contribution in [2.24, 2.45) is 0 Å². The van der Waals surface area contributed by atoms with Gasteiger partial charge in [-0.05, 0) is 28.2 Å². The first-order chi connectivity index (χ1) is 12.9. The lowest BCUT2D eigenvalue weighted by Gasteiger charge is -2.11. The smallest absolute Gasteiger partial charge is 0.272 e. The summed E-state index contributed by atoms with van der Waals surface area (Å²) in [6, 6.07) is 13.8. The van der Waals surface area contributed by atoms with E-state index in [4.69, 9.17) is 32.7 Å². The molecule has 0 unspecified atom stereocenters. The van der Waals surface area contributed by atoms with Crippen molar-refractivity contribution in [2.45, 2.75) is 6.61 Å². The summed E-state index contributed by atoms with van der Waals surface area (Å²) in [6.07, 6.45) is 1.53. The van der Waals surface area contributed by atoms with Crippen LogP contribution >= 0.6 is 45.8 Å². The number of pyridine rings is 1. The van der Waals surface area contributed by atoms with E-state index in [-0.39, 0.29) is 27.4 Å². The van der Waals surface area contributed by atoms with Crippen LogP contribution in [0.3, 0.4) is 0 Å². The molecule has 3 rings (SSSR count). The van der Waals surface area contributed by atoms with Crippen LogP contribution in [0.15, 0.2) is 54.7 Å². The van der Waals surface area contributed by atoms with E-state index in [0.717, 1.165) is 9.13 Å². The van der Waals surface area contributed by atoms with E-state index in [0.29, 0.717) is 12.4 Å². The Morgan fingerprint density at radius 1 is 1.11 bits per heavy atom. The van der Waals surface area contributed by atoms with Crippen molar-refractivity contribution < 1.29 is 14.4 Å². The Morgan fingerprint density at radius 3 is 2.37 bits per heavy atom. The largest absolute Gasteiger partial charge is 0.486 e. The van der Waals surface area contributed by atoms with Gasteiger partial charge in [0.05, 0.1) is 24.7 Å². The number of hydrogen-bond donors (Lipinski definition) is 0. The lowest BCUT2D eigenvalue weighted by molar-refractivity contribution is -0.384. The van der Waals surface area contributed by atoms with Gasteiger partial charge in [0, 0.05) is 18.2 Å². The Labute approximate surface area is 178 Å². The fourth-order valence-corrected chi connectivity index (χ4v) is 3.27. The number of nitrogens with zero attached hydrogens (tertiary/aromatic N) is 2. The first-order valence-corrected chi connectivity index (χ1v) is 9.41. The van der Waals surface area contributed by atoms with Crippen LogP contribution in [-0.2, 0) is 6.61 Å². The number of nitro benzene ring substituents is 1. The summed E-state index contributed by atoms with van der Waals surface area (Å²) in [4.78, 5) is 14.4. The molecule has 0 saturated carbocycles. The average molecular weight is 517 g/mol. The molecule has 0 aliphatic heterocycles. The molecule has 27 heavy (non-hydrogen) atoms. The SMILES string of the molecule is O=[N+]([O-])c1cc(Cl)c(Oc2cc(I)c(OCc3ccccc3)cn2)c(Cl)c1. The molecule has 1 heterocycles. The number of hydrogen-bond acceptors (Lipinski definition) is 5. The molecule has 9 heteroatoms. The molecular formula is C18H11Cl2IN2O4. The van der Waals surface area contributed by atoms with Crippen LogP contribution in [0.4, 0.5) is 5.69 Å². The molecule has 6 nitrogen and oxygen atoms in total. The molecule has 0 N–H and O–H groups in total. The van der Waals surface area contributed by atoms with Crippen molar-refractivity contribution in [3.05, 3.63) is 84.0 Å². The Kier molecular flexibility index (Phi) is 6.35. The molecule has 2 aromatic carbocycles. The number of nitro groups is 1. The second kappa shape index (κ2) is 8.73. The summed E-state index contributed by atoms with van der Waals surface area (Å²) in [7, 11) is 0. The van der Waals surface area contributed by atoms with Crippen molar-refractivity contribution in [3.63, 3.8) is 0 Å². The van der Waals surface area contributed by atoms with Gasteiger partial charge in [-0.3, -0.25) is 10.1 Å². The van der Waals surface area contributed by atoms with Gasteiger partial charge in [0.1, 0.15) is 6.61 Å². The molecule has 0 bridgehead atoms. The molecule has 0 spiro atoms. The topological polar surface area (TPSA) is 74.5 Å². The minimum absolute atomic E-state index is 0.0235. The first kappa shape index (κ1) is 19.7. The summed E-state index contributed by atoms with van der Waals surface area (Å²) >= 11 is 14.2. The van der Waals surface area contributed by atoms with E-state index in [1.807, 2.05) is 30.3 Å². The predicted octanol–water partition coefficient (Wildman–Crippen LogP) is 6.27. The standard InChI is InChI=1S/C18H11Cl2IN2O4/c19-13-6-12(23(24)25)7-14(20)18(13)27-17-8-15(21)16(9-22-17)26-10-11-4-2-1-3-5-11/h1-9H,10H2. The quantitative estimate of drug-likeness (QED) is 0.219. The highest BCUT2D eigenvalue weighted by Gasteiger charge is 2.17. The second-order valence-corrected chi connectivity index (χ2v) is 7.30. The number of rotatable bonds is 6. The summed E-state index contributed by atoms with van der Waals surface area (Å²) in [5.41, 5.74) is 0.822. The predicted molar refractivity (Wildman–Crippen MR) is 111 cm³/mol. The van der Waals surface area contributed by atoms with Crippen LogP contribution in [0, 0.1) is 13.7 Å². The van der Waals surface area contributed by atoms with Crippen molar-refractivity contribution >= 4 is 51.5 Å². The van der Waals surface area contributed by atoms with E-state index in [9.17, 15) is 10.1 Å². The molecule has 0 saturated heterocycles. The maximum Gasteiger partial charge on any atom is 0.272 e. The van der Waals surface area contributed by atoms with E-state index in [2.05, 4.69) is 27.6 Å². The third kappa shape index (κ3) is 5.00. The molecule has 1 aromatic heterocycles. The van der Waals surface area contributed by atoms with E-state index < -0.39 is 4.92 Å². The van der Waals surface area contributed by atoms with Gasteiger partial charge < -0.3 is 9.47 Å². The van der Waals surface area contributed by atoms with Crippen LogP contribution in [0.2, 0.25) is 10.0 Å². The third-order valence-electron chi connectivity index (χ3n) is 3.43.